The molecule has 0 saturated carbocycles. The van der Waals surface area contributed by atoms with E-state index in [0.29, 0.717) is 30.3 Å². The van der Waals surface area contributed by atoms with Crippen LogP contribution < -0.4 is 14.8 Å². The summed E-state index contributed by atoms with van der Waals surface area (Å²) in [4.78, 5) is 10.9. The van der Waals surface area contributed by atoms with Crippen molar-refractivity contribution in [3.63, 3.8) is 0 Å². The number of nitrogens with zero attached hydrogens (tertiary/aromatic N) is 2. The summed E-state index contributed by atoms with van der Waals surface area (Å²) in [5.74, 6) is 3.49. The van der Waals surface area contributed by atoms with Crippen LogP contribution in [0.25, 0.3) is 33.4 Å². The van der Waals surface area contributed by atoms with Crippen molar-refractivity contribution in [2.45, 2.75) is 59.2 Å². The van der Waals surface area contributed by atoms with Gasteiger partial charge in [0.15, 0.2) is 17.3 Å². The zero-order chi connectivity index (χ0) is 35.7. The quantitative estimate of drug-likeness (QED) is 0.117. The maximum absolute atomic E-state index is 6.87. The number of fused-ring (bicyclic) bond motifs is 6. The summed E-state index contributed by atoms with van der Waals surface area (Å²) in [6.45, 7) is 19.1. The molecule has 0 bridgehead atoms. The third-order valence-electron chi connectivity index (χ3n) is 9.80. The predicted octanol–water partition coefficient (Wildman–Crippen LogP) is 11.8. The van der Waals surface area contributed by atoms with E-state index >= 15 is 0 Å². The number of aliphatic imine (C=N–C) groups is 2. The molecule has 51 heavy (non-hydrogen) atoms. The number of hydrogen-bond donors (Lipinski definition) is 1. The highest BCUT2D eigenvalue weighted by Gasteiger charge is 2.40. The Kier molecular flexibility index (Phi) is 9.37. The second-order valence-corrected chi connectivity index (χ2v) is 14.3. The second-order valence-electron chi connectivity index (χ2n) is 13.2. The summed E-state index contributed by atoms with van der Waals surface area (Å²) < 4.78 is 14.9. The minimum absolute atomic E-state index is 0.142. The number of rotatable bonds is 10. The van der Waals surface area contributed by atoms with Crippen LogP contribution in [0.1, 0.15) is 79.9 Å². The highest BCUT2D eigenvalue weighted by molar-refractivity contribution is 7.20. The molecular formula is C45H43N3O2S. The standard InChI is InChI=1S/C45H43N3O2S/c1-8-17-38-30(9-2)32-23-22-28(26-39(32)51-38)27-47-44(48-43(46-7)29-18-13-12-14-19-29)31(10-3)41-36(11-4)49-42-37(50-41)25-24-35-40(42)33-20-15-16-21-34(33)45(35,5)6/h8-10,12-26,43H,2,7,11,27H2,1,3-6H3,(H,47,48)/b17-8-,31-10+. The van der Waals surface area contributed by atoms with Crippen LogP contribution in [-0.2, 0) is 12.0 Å². The van der Waals surface area contributed by atoms with Crippen LogP contribution in [0.4, 0.5) is 0 Å². The monoisotopic (exact) mass is 689 g/mol. The zero-order valence-corrected chi connectivity index (χ0v) is 30.7. The zero-order valence-electron chi connectivity index (χ0n) is 29.9. The van der Waals surface area contributed by atoms with Crippen LogP contribution >= 0.6 is 11.3 Å². The molecule has 4 aromatic carbocycles. The second kappa shape index (κ2) is 14.0. The largest absolute Gasteiger partial charge is 0.453 e. The van der Waals surface area contributed by atoms with E-state index in [9.17, 15) is 0 Å². The first-order chi connectivity index (χ1) is 24.8. The van der Waals surface area contributed by atoms with Gasteiger partial charge in [0.1, 0.15) is 17.8 Å². The maximum atomic E-state index is 6.87. The lowest BCUT2D eigenvalue weighted by Gasteiger charge is -2.29. The number of amidine groups is 1. The van der Waals surface area contributed by atoms with E-state index in [0.717, 1.165) is 39.3 Å². The summed E-state index contributed by atoms with van der Waals surface area (Å²) in [6.07, 6.45) is 8.38. The smallest absolute Gasteiger partial charge is 0.177 e. The number of ether oxygens (including phenoxy) is 2. The van der Waals surface area contributed by atoms with Gasteiger partial charge in [0.05, 0.1) is 12.1 Å². The molecule has 1 N–H and O–H groups in total. The van der Waals surface area contributed by atoms with E-state index < -0.39 is 6.17 Å². The summed E-state index contributed by atoms with van der Waals surface area (Å²) >= 11 is 1.77. The van der Waals surface area contributed by atoms with Crippen LogP contribution in [0, 0.1) is 0 Å². The van der Waals surface area contributed by atoms with Crippen molar-refractivity contribution in [3.05, 3.63) is 153 Å². The Labute approximate surface area is 305 Å². The van der Waals surface area contributed by atoms with Crippen molar-refractivity contribution in [1.29, 1.82) is 0 Å². The predicted molar refractivity (Wildman–Crippen MR) is 216 cm³/mol. The van der Waals surface area contributed by atoms with E-state index in [1.165, 1.54) is 31.7 Å². The lowest BCUT2D eigenvalue weighted by molar-refractivity contribution is 0.294. The molecule has 256 valence electrons. The molecule has 0 spiro atoms. The number of thiophene rings is 1. The Bertz CT molecular complexity index is 2290. The Morgan fingerprint density at radius 3 is 2.47 bits per heavy atom. The van der Waals surface area contributed by atoms with Gasteiger partial charge in [-0.25, -0.2) is 0 Å². The van der Waals surface area contributed by atoms with Gasteiger partial charge < -0.3 is 14.8 Å². The summed E-state index contributed by atoms with van der Waals surface area (Å²) in [6, 6.07) is 29.4. The number of hydrogen-bond acceptors (Lipinski definition) is 5. The Morgan fingerprint density at radius 1 is 0.961 bits per heavy atom. The lowest BCUT2D eigenvalue weighted by Crippen LogP contribution is -2.32. The number of allylic oxidation sites excluding steroid dienone is 3. The summed E-state index contributed by atoms with van der Waals surface area (Å²) in [5.41, 5.74) is 8.72. The SMILES string of the molecule is C=Cc1c(/C=C\C)sc2cc(CN=C(NC(N=C)c3ccccc3)/C(=C/C)C3=C(CC)Oc4c(ccc5c4-c4ccccc4C5(C)C)O3)ccc12. The van der Waals surface area contributed by atoms with Gasteiger partial charge in [-0.3, -0.25) is 9.98 Å². The molecule has 0 amide bonds. The molecule has 1 atom stereocenters. The fourth-order valence-corrected chi connectivity index (χ4v) is 8.46. The van der Waals surface area contributed by atoms with Crippen LogP contribution in [0.2, 0.25) is 0 Å². The van der Waals surface area contributed by atoms with Crippen molar-refractivity contribution in [3.8, 4) is 22.6 Å². The Hall–Kier alpha value is -5.46. The van der Waals surface area contributed by atoms with Crippen molar-refractivity contribution in [2.75, 3.05) is 0 Å². The molecule has 1 aliphatic carbocycles. The van der Waals surface area contributed by atoms with Gasteiger partial charge in [-0.15, -0.1) is 11.3 Å². The molecule has 7 rings (SSSR count). The van der Waals surface area contributed by atoms with Gasteiger partial charge in [-0.05, 0) is 72.2 Å². The molecule has 0 radical (unpaired) electrons. The van der Waals surface area contributed by atoms with Crippen LogP contribution in [0.5, 0.6) is 11.5 Å². The highest BCUT2D eigenvalue weighted by Crippen LogP contribution is 2.56. The van der Waals surface area contributed by atoms with E-state index in [4.69, 9.17) is 14.5 Å². The average Bonchev–Trinajstić information content (AvgIpc) is 3.63. The topological polar surface area (TPSA) is 55.2 Å². The molecule has 5 nitrogen and oxygen atoms in total. The van der Waals surface area contributed by atoms with E-state index in [1.54, 1.807) is 11.3 Å². The normalized spacial score (nSPS) is 15.5. The van der Waals surface area contributed by atoms with Crippen LogP contribution in [-0.4, -0.2) is 12.6 Å². The van der Waals surface area contributed by atoms with Crippen molar-refractivity contribution in [1.82, 2.24) is 5.32 Å². The molecule has 2 aliphatic rings. The molecule has 6 heteroatoms. The molecular weight excluding hydrogens is 647 g/mol. The van der Waals surface area contributed by atoms with E-state index in [1.807, 2.05) is 62.4 Å². The van der Waals surface area contributed by atoms with Gasteiger partial charge in [-0.2, -0.15) is 0 Å². The number of benzene rings is 4. The van der Waals surface area contributed by atoms with Gasteiger partial charge in [0, 0.05) is 32.4 Å². The van der Waals surface area contributed by atoms with Crippen LogP contribution in [0.15, 0.2) is 131 Å². The van der Waals surface area contributed by atoms with Gasteiger partial charge in [0.2, 0.25) is 0 Å². The third kappa shape index (κ3) is 6.04. The van der Waals surface area contributed by atoms with Crippen LogP contribution in [0.3, 0.4) is 0 Å². The third-order valence-corrected chi connectivity index (χ3v) is 10.9. The summed E-state index contributed by atoms with van der Waals surface area (Å²) in [7, 11) is 0. The Balaban J connectivity index is 1.29. The number of nitrogens with one attached hydrogen (secondary N) is 1. The fraction of sp³-hybridized carbons (Fsp3) is 0.200. The first kappa shape index (κ1) is 34.0. The summed E-state index contributed by atoms with van der Waals surface area (Å²) in [5, 5.41) is 4.81. The minimum Gasteiger partial charge on any atom is -0.453 e. The molecule has 2 heterocycles. The van der Waals surface area contributed by atoms with Gasteiger partial charge in [-0.1, -0.05) is 118 Å². The Morgan fingerprint density at radius 2 is 1.75 bits per heavy atom. The first-order valence-electron chi connectivity index (χ1n) is 17.5. The molecule has 1 aromatic heterocycles. The lowest BCUT2D eigenvalue weighted by atomic mass is 9.82. The minimum atomic E-state index is -0.428. The average molecular weight is 690 g/mol. The maximum Gasteiger partial charge on any atom is 0.177 e. The molecule has 1 aliphatic heterocycles. The molecule has 0 fully saturated rings. The van der Waals surface area contributed by atoms with Crippen molar-refractivity contribution in [2.24, 2.45) is 9.98 Å². The molecule has 1 unspecified atom stereocenters. The highest BCUT2D eigenvalue weighted by atomic mass is 32.1. The fourth-order valence-electron chi connectivity index (χ4n) is 7.22. The molecule has 5 aromatic rings. The molecule has 0 saturated heterocycles. The van der Waals surface area contributed by atoms with Crippen molar-refractivity contribution < 1.29 is 9.47 Å². The van der Waals surface area contributed by atoms with E-state index in [-0.39, 0.29) is 5.41 Å². The van der Waals surface area contributed by atoms with Gasteiger partial charge >= 0.3 is 0 Å². The van der Waals surface area contributed by atoms with Crippen molar-refractivity contribution >= 4 is 46.1 Å². The van der Waals surface area contributed by atoms with E-state index in [2.05, 4.69) is 105 Å². The van der Waals surface area contributed by atoms with Gasteiger partial charge in [0.25, 0.3) is 0 Å². The first-order valence-corrected chi connectivity index (χ1v) is 18.3.